The van der Waals surface area contributed by atoms with E-state index in [1.54, 1.807) is 42.2 Å². The van der Waals surface area contributed by atoms with Gasteiger partial charge in [0.15, 0.2) is 0 Å². The summed E-state index contributed by atoms with van der Waals surface area (Å²) in [6.07, 6.45) is -3.85. The average molecular weight is 718 g/mol. The van der Waals surface area contributed by atoms with Crippen LogP contribution in [0.15, 0.2) is 66.7 Å². The highest BCUT2D eigenvalue weighted by molar-refractivity contribution is 7.85. The van der Waals surface area contributed by atoms with Gasteiger partial charge in [0.1, 0.15) is 22.9 Å². The van der Waals surface area contributed by atoms with Crippen LogP contribution in [0.4, 0.5) is 39.7 Å². The van der Waals surface area contributed by atoms with Gasteiger partial charge < -0.3 is 15.1 Å². The Morgan fingerprint density at radius 2 is 1.54 bits per heavy atom. The Hall–Kier alpha value is -5.03. The zero-order valence-corrected chi connectivity index (χ0v) is 28.1. The number of pyridine rings is 1. The standard InChI is InChI=1S/C32H31F4N7O2.CH4O3S/c1-20-7-9-22(10-8-20)43-28(19-26(40-43)31(13-14-31)32(34,35)36)39-30(45)38-25-11-12-27(37-21(25)2)41-15-17-42(18-16-41)29(44)23-5-3-4-6-24(23)33;1-5(2,3)4/h3-12,19H,13-18H2,1-2H3,(H2,38,39,45);1H3,(H,2,3,4). The maximum absolute atomic E-state index is 14.1. The fraction of sp³-hybridized carbons (Fsp3) is 0.333. The van der Waals surface area contributed by atoms with Gasteiger partial charge in [0.2, 0.25) is 0 Å². The molecule has 4 aromatic rings. The van der Waals surface area contributed by atoms with Crippen molar-refractivity contribution in [2.45, 2.75) is 38.3 Å². The van der Waals surface area contributed by atoms with Gasteiger partial charge in [-0.15, -0.1) is 0 Å². The van der Waals surface area contributed by atoms with E-state index < -0.39 is 33.6 Å². The molecule has 3 amide bonds. The minimum Gasteiger partial charge on any atom is -0.353 e. The second-order valence-electron chi connectivity index (χ2n) is 12.1. The molecule has 50 heavy (non-hydrogen) atoms. The van der Waals surface area contributed by atoms with Crippen LogP contribution in [0.25, 0.3) is 5.69 Å². The lowest BCUT2D eigenvalue weighted by atomic mass is 10.0. The van der Waals surface area contributed by atoms with Crippen LogP contribution in [-0.2, 0) is 15.5 Å². The van der Waals surface area contributed by atoms with Gasteiger partial charge in [-0.2, -0.15) is 26.7 Å². The Kier molecular flexibility index (Phi) is 10.2. The number of nitrogens with zero attached hydrogens (tertiary/aromatic N) is 5. The van der Waals surface area contributed by atoms with E-state index in [0.717, 1.165) is 5.56 Å². The second kappa shape index (κ2) is 14.1. The third-order valence-electron chi connectivity index (χ3n) is 8.33. The van der Waals surface area contributed by atoms with E-state index in [9.17, 15) is 35.6 Å². The van der Waals surface area contributed by atoms with E-state index in [1.165, 1.54) is 28.9 Å². The van der Waals surface area contributed by atoms with Crippen molar-refractivity contribution in [1.29, 1.82) is 0 Å². The number of carbonyl (C=O) groups excluding carboxylic acids is 2. The molecular weight excluding hydrogens is 682 g/mol. The first kappa shape index (κ1) is 36.3. The molecule has 1 aliphatic heterocycles. The van der Waals surface area contributed by atoms with E-state index in [4.69, 9.17) is 4.55 Å². The quantitative estimate of drug-likeness (QED) is 0.169. The Bertz CT molecular complexity index is 1980. The number of piperazine rings is 1. The van der Waals surface area contributed by atoms with Gasteiger partial charge in [0.05, 0.1) is 34.6 Å². The summed E-state index contributed by atoms with van der Waals surface area (Å²) >= 11 is 0. The second-order valence-corrected chi connectivity index (χ2v) is 13.6. The molecule has 3 N–H and O–H groups in total. The van der Waals surface area contributed by atoms with Crippen LogP contribution in [-0.4, -0.2) is 83.2 Å². The summed E-state index contributed by atoms with van der Waals surface area (Å²) in [5, 5.41) is 9.68. The van der Waals surface area contributed by atoms with Gasteiger partial charge in [-0.1, -0.05) is 29.8 Å². The monoisotopic (exact) mass is 717 g/mol. The van der Waals surface area contributed by atoms with Crippen LogP contribution < -0.4 is 15.5 Å². The molecule has 2 fully saturated rings. The molecular formula is C33H35F4N7O5S. The number of rotatable bonds is 6. The van der Waals surface area contributed by atoms with E-state index >= 15 is 0 Å². The average Bonchev–Trinajstić information content (AvgIpc) is 3.77. The Labute approximate surface area is 285 Å². The van der Waals surface area contributed by atoms with E-state index in [-0.39, 0.29) is 35.8 Å². The number of aryl methyl sites for hydroxylation is 2. The van der Waals surface area contributed by atoms with Crippen molar-refractivity contribution >= 4 is 39.4 Å². The van der Waals surface area contributed by atoms with Crippen molar-refractivity contribution in [3.63, 3.8) is 0 Å². The van der Waals surface area contributed by atoms with E-state index in [2.05, 4.69) is 20.7 Å². The molecule has 2 aromatic heterocycles. The Morgan fingerprint density at radius 3 is 2.10 bits per heavy atom. The highest BCUT2D eigenvalue weighted by Crippen LogP contribution is 2.58. The summed E-state index contributed by atoms with van der Waals surface area (Å²) in [4.78, 5) is 34.1. The number of alkyl halides is 3. The van der Waals surface area contributed by atoms with Crippen molar-refractivity contribution in [2.75, 3.05) is 48.0 Å². The first-order valence-electron chi connectivity index (χ1n) is 15.5. The molecule has 0 spiro atoms. The Morgan fingerprint density at radius 1 is 0.920 bits per heavy atom. The first-order chi connectivity index (χ1) is 23.4. The molecule has 2 aromatic carbocycles. The lowest BCUT2D eigenvalue weighted by Crippen LogP contribution is -2.49. The Balaban J connectivity index is 0.000000908. The largest absolute Gasteiger partial charge is 0.400 e. The first-order valence-corrected chi connectivity index (χ1v) is 17.3. The van der Waals surface area contributed by atoms with Crippen LogP contribution in [0.1, 0.15) is 40.2 Å². The predicted molar refractivity (Wildman–Crippen MR) is 179 cm³/mol. The lowest BCUT2D eigenvalue weighted by molar-refractivity contribution is -0.161. The summed E-state index contributed by atoms with van der Waals surface area (Å²) in [5.41, 5.74) is 0.315. The van der Waals surface area contributed by atoms with Gasteiger partial charge in [0, 0.05) is 32.2 Å². The number of halogens is 4. The summed E-state index contributed by atoms with van der Waals surface area (Å²) in [7, 11) is -3.67. The number of aromatic nitrogens is 3. The normalized spacial score (nSPS) is 15.5. The van der Waals surface area contributed by atoms with Crippen molar-refractivity contribution < 1.29 is 40.1 Å². The van der Waals surface area contributed by atoms with Crippen LogP contribution in [0.3, 0.4) is 0 Å². The molecule has 1 saturated carbocycles. The highest BCUT2D eigenvalue weighted by Gasteiger charge is 2.66. The van der Waals surface area contributed by atoms with Crippen molar-refractivity contribution in [1.82, 2.24) is 19.7 Å². The molecule has 0 bridgehead atoms. The minimum absolute atomic E-state index is 0.0409. The topological polar surface area (TPSA) is 150 Å². The number of hydrogen-bond donors (Lipinski definition) is 3. The molecule has 0 unspecified atom stereocenters. The number of hydrogen-bond acceptors (Lipinski definition) is 7. The zero-order valence-electron chi connectivity index (χ0n) is 27.3. The summed E-state index contributed by atoms with van der Waals surface area (Å²) in [5.74, 6) is -0.154. The maximum atomic E-state index is 14.1. The number of anilines is 3. The summed E-state index contributed by atoms with van der Waals surface area (Å²) in [6.45, 7) is 5.39. The summed E-state index contributed by atoms with van der Waals surface area (Å²) in [6, 6.07) is 17.0. The minimum atomic E-state index is -4.45. The number of carbonyl (C=O) groups is 2. The summed E-state index contributed by atoms with van der Waals surface area (Å²) < 4.78 is 82.9. The molecule has 3 heterocycles. The number of nitrogens with one attached hydrogen (secondary N) is 2. The van der Waals surface area contributed by atoms with Gasteiger partial charge >= 0.3 is 12.2 Å². The van der Waals surface area contributed by atoms with Crippen molar-refractivity contribution in [3.05, 3.63) is 95.1 Å². The third kappa shape index (κ3) is 8.39. The number of benzene rings is 2. The maximum Gasteiger partial charge on any atom is 0.400 e. The van der Waals surface area contributed by atoms with Crippen LogP contribution in [0.5, 0.6) is 0 Å². The van der Waals surface area contributed by atoms with Gasteiger partial charge in [-0.25, -0.2) is 18.9 Å². The number of amides is 3. The molecule has 0 atom stereocenters. The number of urea groups is 1. The fourth-order valence-electron chi connectivity index (χ4n) is 5.47. The van der Waals surface area contributed by atoms with Gasteiger partial charge in [-0.3, -0.25) is 14.7 Å². The SMILES string of the molecule is CS(=O)(=O)O.Cc1ccc(-n2nc(C3(C(F)(F)F)CC3)cc2NC(=O)Nc2ccc(N3CCN(C(=O)c4ccccc4F)CC3)nc2C)cc1. The molecule has 1 aliphatic carbocycles. The molecule has 2 aliphatic rings. The van der Waals surface area contributed by atoms with E-state index in [0.29, 0.717) is 55.3 Å². The fourth-order valence-corrected chi connectivity index (χ4v) is 5.47. The van der Waals surface area contributed by atoms with Crippen molar-refractivity contribution in [3.8, 4) is 5.69 Å². The molecule has 0 radical (unpaired) electrons. The molecule has 17 heteroatoms. The predicted octanol–water partition coefficient (Wildman–Crippen LogP) is 5.73. The molecule has 6 rings (SSSR count). The van der Waals surface area contributed by atoms with Crippen LogP contribution in [0, 0.1) is 19.7 Å². The lowest BCUT2D eigenvalue weighted by Gasteiger charge is -2.35. The zero-order chi connectivity index (χ0) is 36.4. The molecule has 266 valence electrons. The smallest absolute Gasteiger partial charge is 0.353 e. The van der Waals surface area contributed by atoms with E-state index in [1.807, 2.05) is 24.0 Å². The highest BCUT2D eigenvalue weighted by atomic mass is 32.2. The third-order valence-corrected chi connectivity index (χ3v) is 8.33. The van der Waals surface area contributed by atoms with Crippen molar-refractivity contribution in [2.24, 2.45) is 0 Å². The van der Waals surface area contributed by atoms with Gasteiger partial charge in [-0.05, 0) is 63.1 Å². The van der Waals surface area contributed by atoms with Crippen LogP contribution in [0.2, 0.25) is 0 Å². The van der Waals surface area contributed by atoms with Crippen LogP contribution >= 0.6 is 0 Å². The van der Waals surface area contributed by atoms with Gasteiger partial charge in [0.25, 0.3) is 16.0 Å². The molecule has 1 saturated heterocycles. The molecule has 12 nitrogen and oxygen atoms in total.